The van der Waals surface area contributed by atoms with E-state index in [1.54, 1.807) is 6.20 Å². The summed E-state index contributed by atoms with van der Waals surface area (Å²) in [5.41, 5.74) is 1.88. The van der Waals surface area contributed by atoms with Crippen molar-refractivity contribution in [1.29, 1.82) is 0 Å². The van der Waals surface area contributed by atoms with Gasteiger partial charge in [-0.25, -0.2) is 0 Å². The zero-order valence-corrected chi connectivity index (χ0v) is 11.7. The van der Waals surface area contributed by atoms with Gasteiger partial charge in [0.25, 0.3) is 0 Å². The number of allylic oxidation sites excluding steroid dienone is 2. The smallest absolute Gasteiger partial charge is 0.185 e. The van der Waals surface area contributed by atoms with Crippen molar-refractivity contribution in [3.63, 3.8) is 0 Å². The summed E-state index contributed by atoms with van der Waals surface area (Å²) in [5, 5.41) is 0. The molecule has 2 nitrogen and oxygen atoms in total. The summed E-state index contributed by atoms with van der Waals surface area (Å²) in [5.74, 6) is 1.40. The quantitative estimate of drug-likeness (QED) is 0.628. The number of hydrogen-bond acceptors (Lipinski definition) is 2. The first-order valence-corrected chi connectivity index (χ1v) is 7.53. The van der Waals surface area contributed by atoms with Gasteiger partial charge in [-0.15, -0.1) is 0 Å². The van der Waals surface area contributed by atoms with Crippen molar-refractivity contribution in [2.75, 3.05) is 0 Å². The van der Waals surface area contributed by atoms with Crippen molar-refractivity contribution in [2.24, 2.45) is 17.8 Å². The molecule has 104 valence electrons. The Bertz CT molecular complexity index is 677. The van der Waals surface area contributed by atoms with E-state index in [0.29, 0.717) is 23.4 Å². The van der Waals surface area contributed by atoms with E-state index in [1.165, 1.54) is 5.56 Å². The molecule has 21 heavy (non-hydrogen) atoms. The number of Topliss-reactive ketones (excluding diaryl/α,β-unsaturated/α-hetero) is 1. The van der Waals surface area contributed by atoms with Gasteiger partial charge in [0.15, 0.2) is 5.78 Å². The van der Waals surface area contributed by atoms with E-state index < -0.39 is 0 Å². The minimum atomic E-state index is 0.0392. The molecule has 2 heteroatoms. The van der Waals surface area contributed by atoms with Crippen LogP contribution in [0.3, 0.4) is 0 Å². The van der Waals surface area contributed by atoms with E-state index in [1.807, 2.05) is 24.3 Å². The molecule has 1 fully saturated rings. The highest BCUT2D eigenvalue weighted by Gasteiger charge is 2.48. The molecular formula is C19H17NO. The monoisotopic (exact) mass is 275 g/mol. The zero-order chi connectivity index (χ0) is 14.2. The van der Waals surface area contributed by atoms with Crippen LogP contribution in [0.25, 0.3) is 0 Å². The number of rotatable bonds is 3. The average molecular weight is 275 g/mol. The van der Waals surface area contributed by atoms with Crippen molar-refractivity contribution in [2.45, 2.75) is 12.3 Å². The predicted molar refractivity (Wildman–Crippen MR) is 82.0 cm³/mol. The van der Waals surface area contributed by atoms with Crippen LogP contribution in [0.15, 0.2) is 66.9 Å². The first-order chi connectivity index (χ1) is 10.3. The maximum atomic E-state index is 12.9. The summed E-state index contributed by atoms with van der Waals surface area (Å²) in [6, 6.07) is 16.0. The normalized spacial score (nSPS) is 29.7. The number of hydrogen-bond donors (Lipinski definition) is 0. The number of carbonyl (C=O) groups is 1. The topological polar surface area (TPSA) is 30.0 Å². The highest BCUT2D eigenvalue weighted by atomic mass is 16.1. The van der Waals surface area contributed by atoms with Crippen molar-refractivity contribution in [3.8, 4) is 0 Å². The van der Waals surface area contributed by atoms with Gasteiger partial charge in [-0.1, -0.05) is 48.6 Å². The molecule has 0 saturated heterocycles. The molecule has 1 heterocycles. The van der Waals surface area contributed by atoms with Gasteiger partial charge < -0.3 is 0 Å². The third-order valence-electron chi connectivity index (χ3n) is 4.86. The van der Waals surface area contributed by atoms with Crippen LogP contribution in [0.1, 0.15) is 28.4 Å². The van der Waals surface area contributed by atoms with E-state index in [4.69, 9.17) is 0 Å². The van der Waals surface area contributed by atoms with E-state index in [0.717, 1.165) is 6.42 Å². The Hall–Kier alpha value is -2.22. The molecule has 0 radical (unpaired) electrons. The zero-order valence-electron chi connectivity index (χ0n) is 11.7. The summed E-state index contributed by atoms with van der Waals surface area (Å²) in [4.78, 5) is 17.2. The number of carbonyl (C=O) groups excluding carboxylic acids is 1. The van der Waals surface area contributed by atoms with Crippen LogP contribution in [0.2, 0.25) is 0 Å². The molecular weight excluding hydrogens is 258 g/mol. The Morgan fingerprint density at radius 2 is 1.71 bits per heavy atom. The van der Waals surface area contributed by atoms with Gasteiger partial charge in [-0.2, -0.15) is 0 Å². The van der Waals surface area contributed by atoms with Crippen LogP contribution >= 0.6 is 0 Å². The molecule has 0 unspecified atom stereocenters. The summed E-state index contributed by atoms with van der Waals surface area (Å²) in [6.07, 6.45) is 7.33. The molecule has 0 N–H and O–H groups in total. The fourth-order valence-electron chi connectivity index (χ4n) is 3.99. The molecule has 4 atom stereocenters. The van der Waals surface area contributed by atoms with Crippen molar-refractivity contribution >= 4 is 5.78 Å². The van der Waals surface area contributed by atoms with Gasteiger partial charge in [0.2, 0.25) is 0 Å². The Morgan fingerprint density at radius 1 is 0.952 bits per heavy atom. The average Bonchev–Trinajstić information content (AvgIpc) is 3.17. The summed E-state index contributed by atoms with van der Waals surface area (Å²) >= 11 is 0. The minimum absolute atomic E-state index is 0.0392. The maximum Gasteiger partial charge on any atom is 0.185 e. The molecule has 1 aromatic carbocycles. The molecule has 2 aromatic rings. The molecule has 1 aromatic heterocycles. The van der Waals surface area contributed by atoms with Gasteiger partial charge >= 0.3 is 0 Å². The standard InChI is InChI=1S/C19H17NO/c21-19(16-8-4-5-11-20-16)18-15-10-9-14(12-15)17(18)13-6-2-1-3-7-13/h1-11,14-15,17-18H,12H2/t14-,15+,17-,18-/m0/s1. The molecule has 0 amide bonds. The molecule has 2 aliphatic carbocycles. The summed E-state index contributed by atoms with van der Waals surface area (Å²) < 4.78 is 0. The summed E-state index contributed by atoms with van der Waals surface area (Å²) in [6.45, 7) is 0. The lowest BCUT2D eigenvalue weighted by molar-refractivity contribution is 0.0881. The summed E-state index contributed by atoms with van der Waals surface area (Å²) in [7, 11) is 0. The third-order valence-corrected chi connectivity index (χ3v) is 4.86. The second-order valence-corrected chi connectivity index (χ2v) is 5.99. The van der Waals surface area contributed by atoms with Crippen LogP contribution in [0, 0.1) is 17.8 Å². The van der Waals surface area contributed by atoms with Crippen molar-refractivity contribution < 1.29 is 4.79 Å². The van der Waals surface area contributed by atoms with Crippen LogP contribution in [0.5, 0.6) is 0 Å². The predicted octanol–water partition coefficient (Wildman–Crippen LogP) is 3.87. The number of benzene rings is 1. The Balaban J connectivity index is 1.73. The van der Waals surface area contributed by atoms with Gasteiger partial charge in [0.1, 0.15) is 5.69 Å². The number of nitrogens with zero attached hydrogens (tertiary/aromatic N) is 1. The van der Waals surface area contributed by atoms with E-state index in [-0.39, 0.29) is 11.7 Å². The second kappa shape index (κ2) is 4.96. The third kappa shape index (κ3) is 2.02. The van der Waals surface area contributed by atoms with Gasteiger partial charge in [-0.05, 0) is 36.0 Å². The maximum absolute atomic E-state index is 12.9. The molecule has 2 aliphatic rings. The fourth-order valence-corrected chi connectivity index (χ4v) is 3.99. The molecule has 0 spiro atoms. The molecule has 0 aliphatic heterocycles. The lowest BCUT2D eigenvalue weighted by Crippen LogP contribution is -2.27. The van der Waals surface area contributed by atoms with Gasteiger partial charge in [0.05, 0.1) is 0 Å². The van der Waals surface area contributed by atoms with Crippen LogP contribution in [-0.4, -0.2) is 10.8 Å². The van der Waals surface area contributed by atoms with E-state index >= 15 is 0 Å². The largest absolute Gasteiger partial charge is 0.292 e. The Labute approximate surface area is 124 Å². The minimum Gasteiger partial charge on any atom is -0.292 e. The first kappa shape index (κ1) is 12.5. The van der Waals surface area contributed by atoms with Gasteiger partial charge in [-0.3, -0.25) is 9.78 Å². The lowest BCUT2D eigenvalue weighted by atomic mass is 9.75. The molecule has 1 saturated carbocycles. The number of aromatic nitrogens is 1. The highest BCUT2D eigenvalue weighted by molar-refractivity contribution is 5.97. The van der Waals surface area contributed by atoms with Crippen molar-refractivity contribution in [3.05, 3.63) is 78.1 Å². The van der Waals surface area contributed by atoms with Crippen LogP contribution in [0.4, 0.5) is 0 Å². The Kier molecular flexibility index (Phi) is 2.95. The highest BCUT2D eigenvalue weighted by Crippen LogP contribution is 2.53. The SMILES string of the molecule is O=C(c1ccccn1)[C@@H]1[C@@H](c2ccccc2)[C@H]2C=C[C@@H]1C2. The van der Waals surface area contributed by atoms with Crippen LogP contribution in [-0.2, 0) is 0 Å². The van der Waals surface area contributed by atoms with Crippen LogP contribution < -0.4 is 0 Å². The van der Waals surface area contributed by atoms with E-state index in [9.17, 15) is 4.79 Å². The van der Waals surface area contributed by atoms with Gasteiger partial charge in [0, 0.05) is 18.0 Å². The number of pyridine rings is 1. The molecule has 4 rings (SSSR count). The first-order valence-electron chi connectivity index (χ1n) is 7.53. The van der Waals surface area contributed by atoms with Crippen molar-refractivity contribution in [1.82, 2.24) is 4.98 Å². The molecule has 2 bridgehead atoms. The number of ketones is 1. The van der Waals surface area contributed by atoms with E-state index in [2.05, 4.69) is 41.4 Å². The lowest BCUT2D eigenvalue weighted by Gasteiger charge is -2.27. The second-order valence-electron chi connectivity index (χ2n) is 5.99. The fraction of sp³-hybridized carbons (Fsp3) is 0.263. The number of fused-ring (bicyclic) bond motifs is 2. The Morgan fingerprint density at radius 3 is 2.48 bits per heavy atom.